The van der Waals surface area contributed by atoms with Gasteiger partial charge in [-0.1, -0.05) is 25.1 Å². The van der Waals surface area contributed by atoms with Crippen molar-refractivity contribution < 1.29 is 9.21 Å². The summed E-state index contributed by atoms with van der Waals surface area (Å²) >= 11 is 0. The van der Waals surface area contributed by atoms with Gasteiger partial charge in [0.2, 0.25) is 11.8 Å². The van der Waals surface area contributed by atoms with Crippen molar-refractivity contribution in [3.05, 3.63) is 36.2 Å². The second-order valence-corrected chi connectivity index (χ2v) is 6.86. The highest BCUT2D eigenvalue weighted by Gasteiger charge is 2.23. The summed E-state index contributed by atoms with van der Waals surface area (Å²) in [6.07, 6.45) is 2.15. The molecule has 25 heavy (non-hydrogen) atoms. The molecule has 0 unspecified atom stereocenters. The number of carbonyl (C=O) groups excluding carboxylic acids is 1. The van der Waals surface area contributed by atoms with E-state index in [0.717, 1.165) is 42.5 Å². The summed E-state index contributed by atoms with van der Waals surface area (Å²) < 4.78 is 7.60. The Kier molecular flexibility index (Phi) is 4.03. The molecule has 1 amide bonds. The molecule has 1 fully saturated rings. The highest BCUT2D eigenvalue weighted by Crippen LogP contribution is 2.28. The van der Waals surface area contributed by atoms with E-state index in [2.05, 4.69) is 17.1 Å². The number of hydrogen-bond donors (Lipinski definition) is 0. The number of carbonyl (C=O) groups is 1. The van der Waals surface area contributed by atoms with Crippen molar-refractivity contribution >= 4 is 16.8 Å². The first-order valence-corrected chi connectivity index (χ1v) is 8.78. The van der Waals surface area contributed by atoms with Gasteiger partial charge in [0.1, 0.15) is 12.2 Å². The van der Waals surface area contributed by atoms with Gasteiger partial charge >= 0.3 is 0 Å². The van der Waals surface area contributed by atoms with Crippen molar-refractivity contribution in [3.63, 3.8) is 0 Å². The van der Waals surface area contributed by atoms with Crippen LogP contribution in [0, 0.1) is 12.8 Å². The Bertz CT molecular complexity index is 903. The molecule has 1 aliphatic heterocycles. The summed E-state index contributed by atoms with van der Waals surface area (Å²) in [6.45, 7) is 5.99. The average Bonchev–Trinajstić information content (AvgIpc) is 3.19. The number of likely N-dealkylation sites (tertiary alicyclic amines) is 1. The molecule has 6 heteroatoms. The summed E-state index contributed by atoms with van der Waals surface area (Å²) in [5, 5.41) is 9.13. The largest absolute Gasteiger partial charge is 0.420 e. The zero-order valence-corrected chi connectivity index (χ0v) is 14.6. The lowest BCUT2D eigenvalue weighted by atomic mass is 9.99. The molecule has 6 nitrogen and oxygen atoms in total. The summed E-state index contributed by atoms with van der Waals surface area (Å²) in [6, 6.07) is 10.0. The van der Waals surface area contributed by atoms with Gasteiger partial charge in [-0.15, -0.1) is 10.2 Å². The lowest BCUT2D eigenvalue weighted by Gasteiger charge is -2.30. The minimum atomic E-state index is 0.144. The Morgan fingerprint density at radius 3 is 2.72 bits per heavy atom. The first-order chi connectivity index (χ1) is 12.1. The molecule has 1 saturated heterocycles. The maximum atomic E-state index is 12.8. The molecule has 4 rings (SSSR count). The van der Waals surface area contributed by atoms with E-state index in [0.29, 0.717) is 24.2 Å². The minimum Gasteiger partial charge on any atom is -0.420 e. The predicted octanol–water partition coefficient (Wildman–Crippen LogP) is 3.26. The number of aromatic nitrogens is 3. The predicted molar refractivity (Wildman–Crippen MR) is 94.9 cm³/mol. The van der Waals surface area contributed by atoms with Gasteiger partial charge in [0.25, 0.3) is 5.89 Å². The van der Waals surface area contributed by atoms with Crippen molar-refractivity contribution in [1.82, 2.24) is 19.7 Å². The first kappa shape index (κ1) is 15.9. The fourth-order valence-corrected chi connectivity index (χ4v) is 3.45. The number of benzene rings is 1. The van der Waals surface area contributed by atoms with E-state index < -0.39 is 0 Å². The monoisotopic (exact) mass is 338 g/mol. The zero-order valence-electron chi connectivity index (χ0n) is 14.6. The van der Waals surface area contributed by atoms with Crippen LogP contribution in [0.25, 0.3) is 22.5 Å². The number of amides is 1. The van der Waals surface area contributed by atoms with E-state index in [4.69, 9.17) is 4.42 Å². The normalized spacial score (nSPS) is 15.8. The molecule has 0 spiro atoms. The highest BCUT2D eigenvalue weighted by atomic mass is 16.4. The molecule has 3 heterocycles. The molecule has 1 aromatic carbocycles. The highest BCUT2D eigenvalue weighted by molar-refractivity contribution is 5.88. The molecule has 1 aliphatic rings. The quantitative estimate of drug-likeness (QED) is 0.735. The maximum Gasteiger partial charge on any atom is 0.264 e. The van der Waals surface area contributed by atoms with E-state index in [1.165, 1.54) is 0 Å². The fraction of sp³-hybridized carbons (Fsp3) is 0.421. The Morgan fingerprint density at radius 2 is 2.00 bits per heavy atom. The van der Waals surface area contributed by atoms with Gasteiger partial charge < -0.3 is 13.9 Å². The lowest BCUT2D eigenvalue weighted by molar-refractivity contribution is -0.133. The third-order valence-corrected chi connectivity index (χ3v) is 4.99. The summed E-state index contributed by atoms with van der Waals surface area (Å²) in [4.78, 5) is 14.8. The van der Waals surface area contributed by atoms with Crippen molar-refractivity contribution in [2.75, 3.05) is 13.1 Å². The second kappa shape index (κ2) is 6.35. The number of rotatable bonds is 3. The number of piperidine rings is 1. The Balaban J connectivity index is 1.69. The van der Waals surface area contributed by atoms with Crippen LogP contribution in [0.15, 0.2) is 34.7 Å². The van der Waals surface area contributed by atoms with Crippen LogP contribution in [0.4, 0.5) is 0 Å². The van der Waals surface area contributed by atoms with Crippen molar-refractivity contribution in [2.24, 2.45) is 5.92 Å². The molecule has 0 aliphatic carbocycles. The van der Waals surface area contributed by atoms with Crippen LogP contribution in [0.2, 0.25) is 0 Å². The van der Waals surface area contributed by atoms with Gasteiger partial charge in [0.15, 0.2) is 0 Å². The van der Waals surface area contributed by atoms with Gasteiger partial charge in [-0.25, -0.2) is 0 Å². The van der Waals surface area contributed by atoms with E-state index in [9.17, 15) is 4.79 Å². The fourth-order valence-electron chi connectivity index (χ4n) is 3.45. The van der Waals surface area contributed by atoms with Crippen molar-refractivity contribution in [3.8, 4) is 11.6 Å². The molecule has 0 radical (unpaired) electrons. The Labute approximate surface area is 146 Å². The third-order valence-electron chi connectivity index (χ3n) is 4.99. The van der Waals surface area contributed by atoms with Crippen molar-refractivity contribution in [1.29, 1.82) is 0 Å². The van der Waals surface area contributed by atoms with Crippen LogP contribution >= 0.6 is 0 Å². The molecule has 3 aromatic rings. The van der Waals surface area contributed by atoms with Gasteiger partial charge in [-0.05, 0) is 30.9 Å². The van der Waals surface area contributed by atoms with E-state index in [1.807, 2.05) is 39.8 Å². The van der Waals surface area contributed by atoms with Gasteiger partial charge in [-0.3, -0.25) is 4.79 Å². The lowest BCUT2D eigenvalue weighted by Crippen LogP contribution is -2.39. The van der Waals surface area contributed by atoms with Crippen LogP contribution in [0.3, 0.4) is 0 Å². The minimum absolute atomic E-state index is 0.144. The molecule has 0 bridgehead atoms. The Hall–Kier alpha value is -2.63. The zero-order chi connectivity index (χ0) is 17.4. The SMILES string of the molecule is Cc1nnc(-c2cc3ccccc3n2CC(=O)N2CCC(C)CC2)o1. The van der Waals surface area contributed by atoms with E-state index in [-0.39, 0.29) is 5.91 Å². The van der Waals surface area contributed by atoms with Gasteiger partial charge in [0.05, 0.1) is 0 Å². The van der Waals surface area contributed by atoms with Crippen LogP contribution in [0.1, 0.15) is 25.7 Å². The Morgan fingerprint density at radius 1 is 1.24 bits per heavy atom. The number of para-hydroxylation sites is 1. The molecule has 130 valence electrons. The molecule has 2 aromatic heterocycles. The summed E-state index contributed by atoms with van der Waals surface area (Å²) in [7, 11) is 0. The van der Waals surface area contributed by atoms with Crippen LogP contribution in [-0.4, -0.2) is 38.7 Å². The smallest absolute Gasteiger partial charge is 0.264 e. The number of hydrogen-bond acceptors (Lipinski definition) is 4. The van der Waals surface area contributed by atoms with Crippen molar-refractivity contribution in [2.45, 2.75) is 33.2 Å². The van der Waals surface area contributed by atoms with E-state index >= 15 is 0 Å². The molecular weight excluding hydrogens is 316 g/mol. The standard InChI is InChI=1S/C19H22N4O2/c1-13-7-9-22(10-8-13)18(24)12-23-16-6-4-3-5-15(16)11-17(23)19-21-20-14(2)25-19/h3-6,11,13H,7-10,12H2,1-2H3. The molecule has 0 atom stereocenters. The molecule has 0 saturated carbocycles. The van der Waals surface area contributed by atoms with Crippen LogP contribution in [-0.2, 0) is 11.3 Å². The van der Waals surface area contributed by atoms with Gasteiger partial charge in [0, 0.05) is 30.9 Å². The maximum absolute atomic E-state index is 12.8. The molecular formula is C19H22N4O2. The van der Waals surface area contributed by atoms with E-state index in [1.54, 1.807) is 6.92 Å². The molecule has 0 N–H and O–H groups in total. The van der Waals surface area contributed by atoms with Crippen LogP contribution in [0.5, 0.6) is 0 Å². The number of nitrogens with zero attached hydrogens (tertiary/aromatic N) is 4. The number of aryl methyl sites for hydroxylation is 1. The topological polar surface area (TPSA) is 64.2 Å². The van der Waals surface area contributed by atoms with Crippen LogP contribution < -0.4 is 0 Å². The second-order valence-electron chi connectivity index (χ2n) is 6.86. The summed E-state index contributed by atoms with van der Waals surface area (Å²) in [5.74, 6) is 1.82. The number of fused-ring (bicyclic) bond motifs is 1. The van der Waals surface area contributed by atoms with Gasteiger partial charge in [-0.2, -0.15) is 0 Å². The third kappa shape index (κ3) is 3.04. The summed E-state index contributed by atoms with van der Waals surface area (Å²) in [5.41, 5.74) is 1.80. The average molecular weight is 338 g/mol. The first-order valence-electron chi connectivity index (χ1n) is 8.78.